The van der Waals surface area contributed by atoms with Gasteiger partial charge >= 0.3 is 0 Å². The second-order valence-electron chi connectivity index (χ2n) is 4.55. The highest BCUT2D eigenvalue weighted by molar-refractivity contribution is 7.80. The third-order valence-electron chi connectivity index (χ3n) is 3.21. The van der Waals surface area contributed by atoms with E-state index in [9.17, 15) is 10.1 Å². The Hall–Kier alpha value is -2.00. The average Bonchev–Trinajstić information content (AvgIpc) is 2.47. The van der Waals surface area contributed by atoms with Crippen LogP contribution >= 0.6 is 24.4 Å². The van der Waals surface area contributed by atoms with Crippen molar-refractivity contribution in [1.29, 1.82) is 0 Å². The monoisotopic (exact) mass is 325 g/mol. The molecule has 0 amide bonds. The van der Waals surface area contributed by atoms with E-state index in [2.05, 4.69) is 5.32 Å². The van der Waals surface area contributed by atoms with Gasteiger partial charge in [-0.25, -0.2) is 0 Å². The largest absolute Gasteiger partial charge is 0.376 e. The van der Waals surface area contributed by atoms with E-state index in [4.69, 9.17) is 30.2 Å². The number of hydrogen-bond acceptors (Lipinski definition) is 4. The van der Waals surface area contributed by atoms with Gasteiger partial charge in [-0.2, -0.15) is 0 Å². The zero-order valence-electron chi connectivity index (χ0n) is 11.2. The van der Waals surface area contributed by atoms with Gasteiger partial charge in [0.05, 0.1) is 4.92 Å². The summed E-state index contributed by atoms with van der Waals surface area (Å²) in [7, 11) is 0. The summed E-state index contributed by atoms with van der Waals surface area (Å²) >= 11 is 10.3. The van der Waals surface area contributed by atoms with Crippen LogP contribution in [-0.4, -0.2) is 51.1 Å². The lowest BCUT2D eigenvalue weighted by molar-refractivity contribution is -0.384. The summed E-state index contributed by atoms with van der Waals surface area (Å²) in [6.07, 6.45) is 0. The lowest BCUT2D eigenvalue weighted by Gasteiger charge is -2.36. The van der Waals surface area contributed by atoms with Gasteiger partial charge in [0.25, 0.3) is 5.69 Å². The Morgan fingerprint density at radius 3 is 2.14 bits per heavy atom. The SMILES string of the molecule is NC(=S)N1CCN(C(=S)Nc2ccc([N+](=O)[O-])cc2)CC1. The fraction of sp³-hybridized carbons (Fsp3) is 0.333. The van der Waals surface area contributed by atoms with E-state index < -0.39 is 4.92 Å². The van der Waals surface area contributed by atoms with Crippen molar-refractivity contribution in [3.05, 3.63) is 34.4 Å². The summed E-state index contributed by atoms with van der Waals surface area (Å²) in [4.78, 5) is 14.1. The van der Waals surface area contributed by atoms with E-state index in [1.165, 1.54) is 12.1 Å². The minimum Gasteiger partial charge on any atom is -0.376 e. The molecule has 1 heterocycles. The smallest absolute Gasteiger partial charge is 0.269 e. The van der Waals surface area contributed by atoms with Crippen LogP contribution in [0.3, 0.4) is 0 Å². The molecule has 0 bridgehead atoms. The molecule has 1 aliphatic heterocycles. The van der Waals surface area contributed by atoms with E-state index in [0.717, 1.165) is 31.9 Å². The van der Waals surface area contributed by atoms with Crippen LogP contribution in [-0.2, 0) is 0 Å². The fourth-order valence-electron chi connectivity index (χ4n) is 2.00. The molecule has 0 atom stereocenters. The molecule has 9 heteroatoms. The Kier molecular flexibility index (Phi) is 4.86. The second-order valence-corrected chi connectivity index (χ2v) is 5.35. The number of nitro benzene ring substituents is 1. The molecular formula is C12H15N5O2S2. The van der Waals surface area contributed by atoms with Gasteiger partial charge < -0.3 is 20.9 Å². The Morgan fingerprint density at radius 1 is 1.14 bits per heavy atom. The van der Waals surface area contributed by atoms with Crippen LogP contribution in [0.4, 0.5) is 11.4 Å². The first-order valence-electron chi connectivity index (χ1n) is 6.32. The van der Waals surface area contributed by atoms with E-state index in [0.29, 0.717) is 10.2 Å². The molecule has 3 N–H and O–H groups in total. The van der Waals surface area contributed by atoms with Crippen molar-refractivity contribution < 1.29 is 4.92 Å². The standard InChI is InChI=1S/C12H15N5O2S2/c13-11(20)15-5-7-16(8-6-15)12(21)14-9-1-3-10(4-2-9)17(18)19/h1-4H,5-8H2,(H2,13,20)(H,14,21). The third kappa shape index (κ3) is 3.99. The molecule has 0 spiro atoms. The zero-order chi connectivity index (χ0) is 15.4. The summed E-state index contributed by atoms with van der Waals surface area (Å²) < 4.78 is 0. The Morgan fingerprint density at radius 2 is 1.67 bits per heavy atom. The minimum atomic E-state index is -0.433. The van der Waals surface area contributed by atoms with Crippen molar-refractivity contribution >= 4 is 46.0 Å². The van der Waals surface area contributed by atoms with Crippen molar-refractivity contribution in [3.63, 3.8) is 0 Å². The highest BCUT2D eigenvalue weighted by Crippen LogP contribution is 2.16. The lowest BCUT2D eigenvalue weighted by Crippen LogP contribution is -2.52. The maximum atomic E-state index is 10.6. The van der Waals surface area contributed by atoms with Gasteiger partial charge in [0.15, 0.2) is 10.2 Å². The van der Waals surface area contributed by atoms with Gasteiger partial charge in [0.1, 0.15) is 0 Å². The first-order valence-corrected chi connectivity index (χ1v) is 7.14. The number of nitro groups is 1. The summed E-state index contributed by atoms with van der Waals surface area (Å²) in [6.45, 7) is 2.93. The number of nitrogens with zero attached hydrogens (tertiary/aromatic N) is 3. The van der Waals surface area contributed by atoms with Gasteiger partial charge in [0.2, 0.25) is 0 Å². The summed E-state index contributed by atoms with van der Waals surface area (Å²) in [5, 5.41) is 14.7. The van der Waals surface area contributed by atoms with Crippen molar-refractivity contribution in [2.75, 3.05) is 31.5 Å². The quantitative estimate of drug-likeness (QED) is 0.476. The molecular weight excluding hydrogens is 310 g/mol. The van der Waals surface area contributed by atoms with E-state index in [1.807, 2.05) is 9.80 Å². The molecule has 7 nitrogen and oxygen atoms in total. The van der Waals surface area contributed by atoms with Gasteiger partial charge in [-0.3, -0.25) is 10.1 Å². The topological polar surface area (TPSA) is 87.7 Å². The fourth-order valence-corrected chi connectivity index (χ4v) is 2.48. The van der Waals surface area contributed by atoms with E-state index in [1.54, 1.807) is 12.1 Å². The summed E-state index contributed by atoms with van der Waals surface area (Å²) in [5.41, 5.74) is 6.36. The number of non-ortho nitro benzene ring substituents is 1. The predicted octanol–water partition coefficient (Wildman–Crippen LogP) is 1.15. The molecule has 1 aromatic carbocycles. The number of nitrogens with two attached hydrogens (primary N) is 1. The van der Waals surface area contributed by atoms with Crippen LogP contribution in [0.15, 0.2) is 24.3 Å². The molecule has 112 valence electrons. The number of thiocarbonyl (C=S) groups is 2. The van der Waals surface area contributed by atoms with Gasteiger partial charge in [0, 0.05) is 44.0 Å². The highest BCUT2D eigenvalue weighted by Gasteiger charge is 2.19. The molecule has 2 rings (SSSR count). The molecule has 0 aliphatic carbocycles. The van der Waals surface area contributed by atoms with Crippen LogP contribution in [0.2, 0.25) is 0 Å². The van der Waals surface area contributed by atoms with Crippen LogP contribution in [0.1, 0.15) is 0 Å². The molecule has 1 aromatic rings. The van der Waals surface area contributed by atoms with Gasteiger partial charge in [-0.1, -0.05) is 0 Å². The molecule has 0 aromatic heterocycles. The molecule has 0 unspecified atom stereocenters. The molecule has 0 radical (unpaired) electrons. The minimum absolute atomic E-state index is 0.0524. The molecule has 1 aliphatic rings. The summed E-state index contributed by atoms with van der Waals surface area (Å²) in [6, 6.07) is 6.15. The Balaban J connectivity index is 1.90. The van der Waals surface area contributed by atoms with Gasteiger partial charge in [-0.15, -0.1) is 0 Å². The maximum Gasteiger partial charge on any atom is 0.269 e. The molecule has 1 saturated heterocycles. The zero-order valence-corrected chi connectivity index (χ0v) is 12.8. The number of nitrogens with one attached hydrogen (secondary N) is 1. The second kappa shape index (κ2) is 6.64. The summed E-state index contributed by atoms with van der Waals surface area (Å²) in [5.74, 6) is 0. The number of anilines is 1. The molecule has 21 heavy (non-hydrogen) atoms. The van der Waals surface area contributed by atoms with E-state index in [-0.39, 0.29) is 5.69 Å². The molecule has 1 fully saturated rings. The number of rotatable bonds is 2. The highest BCUT2D eigenvalue weighted by atomic mass is 32.1. The first-order chi connectivity index (χ1) is 9.97. The average molecular weight is 325 g/mol. The predicted molar refractivity (Wildman–Crippen MR) is 89.2 cm³/mol. The Labute approximate surface area is 132 Å². The van der Waals surface area contributed by atoms with Crippen LogP contribution in [0.5, 0.6) is 0 Å². The normalized spacial score (nSPS) is 14.7. The lowest BCUT2D eigenvalue weighted by atomic mass is 10.3. The number of benzene rings is 1. The van der Waals surface area contributed by atoms with Crippen molar-refractivity contribution in [2.45, 2.75) is 0 Å². The van der Waals surface area contributed by atoms with Crippen LogP contribution in [0, 0.1) is 10.1 Å². The van der Waals surface area contributed by atoms with E-state index >= 15 is 0 Å². The maximum absolute atomic E-state index is 10.6. The number of piperazine rings is 1. The first kappa shape index (κ1) is 15.4. The van der Waals surface area contributed by atoms with Crippen molar-refractivity contribution in [2.24, 2.45) is 5.73 Å². The van der Waals surface area contributed by atoms with Crippen molar-refractivity contribution in [1.82, 2.24) is 9.80 Å². The van der Waals surface area contributed by atoms with Crippen LogP contribution in [0.25, 0.3) is 0 Å². The van der Waals surface area contributed by atoms with Gasteiger partial charge in [-0.05, 0) is 36.6 Å². The van der Waals surface area contributed by atoms with Crippen LogP contribution < -0.4 is 11.1 Å². The van der Waals surface area contributed by atoms with Crippen molar-refractivity contribution in [3.8, 4) is 0 Å². The molecule has 0 saturated carbocycles. The third-order valence-corrected chi connectivity index (χ3v) is 3.83. The number of hydrogen-bond donors (Lipinski definition) is 2. The Bertz CT molecular complexity index is 555.